The first-order valence-electron chi connectivity index (χ1n) is 7.97. The minimum Gasteiger partial charge on any atom is -0.497 e. The minimum atomic E-state index is -0.468. The maximum absolute atomic E-state index is 10.2. The van der Waals surface area contributed by atoms with Crippen molar-refractivity contribution < 1.29 is 9.84 Å². The lowest BCUT2D eigenvalue weighted by molar-refractivity contribution is 0.151. The van der Waals surface area contributed by atoms with Crippen LogP contribution in [0.15, 0.2) is 24.3 Å². The topological polar surface area (TPSA) is 44.7 Å². The molecule has 2 N–H and O–H groups in total. The molecule has 0 aromatic heterocycles. The second-order valence-electron chi connectivity index (χ2n) is 5.89. The Kier molecular flexibility index (Phi) is 6.49. The van der Waals surface area contributed by atoms with E-state index in [0.29, 0.717) is 12.6 Å². The summed E-state index contributed by atoms with van der Waals surface area (Å²) in [6.07, 6.45) is 3.54. The Morgan fingerprint density at radius 1 is 1.14 bits per heavy atom. The molecule has 1 heterocycles. The molecule has 4 heteroatoms. The first kappa shape index (κ1) is 16.3. The number of rotatable bonds is 7. The molecule has 1 aromatic carbocycles. The number of hydrogen-bond acceptors (Lipinski definition) is 4. The van der Waals surface area contributed by atoms with Crippen molar-refractivity contribution in [1.29, 1.82) is 0 Å². The Morgan fingerprint density at radius 3 is 2.43 bits per heavy atom. The molecule has 0 spiro atoms. The fourth-order valence-electron chi connectivity index (χ4n) is 2.86. The molecular formula is C17H28N2O2. The highest BCUT2D eigenvalue weighted by molar-refractivity contribution is 5.28. The van der Waals surface area contributed by atoms with E-state index in [1.165, 1.54) is 32.4 Å². The molecule has 118 valence electrons. The summed E-state index contributed by atoms with van der Waals surface area (Å²) in [7, 11) is 1.65. The van der Waals surface area contributed by atoms with E-state index in [1.54, 1.807) is 7.11 Å². The zero-order valence-electron chi connectivity index (χ0n) is 13.2. The standard InChI is InChI=1S/C17H28N2O2/c1-14(19-10-4-3-5-11-19)12-18-13-17(20)15-6-8-16(21-2)9-7-15/h6-9,14,17-18,20H,3-5,10-13H2,1-2H3. The van der Waals surface area contributed by atoms with E-state index in [1.807, 2.05) is 24.3 Å². The van der Waals surface area contributed by atoms with Gasteiger partial charge in [-0.05, 0) is 50.6 Å². The molecule has 0 bridgehead atoms. The smallest absolute Gasteiger partial charge is 0.118 e. The Hall–Kier alpha value is -1.10. The lowest BCUT2D eigenvalue weighted by Gasteiger charge is -2.32. The van der Waals surface area contributed by atoms with Crippen molar-refractivity contribution in [3.05, 3.63) is 29.8 Å². The van der Waals surface area contributed by atoms with Gasteiger partial charge in [0, 0.05) is 19.1 Å². The van der Waals surface area contributed by atoms with Gasteiger partial charge < -0.3 is 15.2 Å². The van der Waals surface area contributed by atoms with Gasteiger partial charge in [-0.15, -0.1) is 0 Å². The van der Waals surface area contributed by atoms with E-state index in [4.69, 9.17) is 4.74 Å². The van der Waals surface area contributed by atoms with Gasteiger partial charge in [-0.2, -0.15) is 0 Å². The Balaban J connectivity index is 1.71. The predicted molar refractivity (Wildman–Crippen MR) is 85.7 cm³/mol. The van der Waals surface area contributed by atoms with Crippen LogP contribution in [0.2, 0.25) is 0 Å². The van der Waals surface area contributed by atoms with E-state index in [0.717, 1.165) is 17.9 Å². The van der Waals surface area contributed by atoms with Gasteiger partial charge in [-0.3, -0.25) is 4.90 Å². The van der Waals surface area contributed by atoms with Gasteiger partial charge in [0.05, 0.1) is 13.2 Å². The molecule has 1 aliphatic heterocycles. The fourth-order valence-corrected chi connectivity index (χ4v) is 2.86. The van der Waals surface area contributed by atoms with Crippen LogP contribution >= 0.6 is 0 Å². The highest BCUT2D eigenvalue weighted by Gasteiger charge is 2.16. The van der Waals surface area contributed by atoms with Gasteiger partial charge >= 0.3 is 0 Å². The zero-order valence-corrected chi connectivity index (χ0v) is 13.2. The maximum Gasteiger partial charge on any atom is 0.118 e. The van der Waals surface area contributed by atoms with Crippen molar-refractivity contribution in [1.82, 2.24) is 10.2 Å². The second kappa shape index (κ2) is 8.37. The second-order valence-corrected chi connectivity index (χ2v) is 5.89. The monoisotopic (exact) mass is 292 g/mol. The zero-order chi connectivity index (χ0) is 15.1. The molecule has 0 aliphatic carbocycles. The molecule has 2 atom stereocenters. The van der Waals surface area contributed by atoms with Crippen LogP contribution in [0.4, 0.5) is 0 Å². The molecule has 1 saturated heterocycles. The van der Waals surface area contributed by atoms with Crippen LogP contribution in [0.3, 0.4) is 0 Å². The number of nitrogens with zero attached hydrogens (tertiary/aromatic N) is 1. The summed E-state index contributed by atoms with van der Waals surface area (Å²) in [4.78, 5) is 2.54. The number of methoxy groups -OCH3 is 1. The molecule has 1 aromatic rings. The molecule has 21 heavy (non-hydrogen) atoms. The average Bonchev–Trinajstić information content (AvgIpc) is 2.55. The van der Waals surface area contributed by atoms with Crippen LogP contribution < -0.4 is 10.1 Å². The van der Waals surface area contributed by atoms with Gasteiger partial charge in [0.15, 0.2) is 0 Å². The largest absolute Gasteiger partial charge is 0.497 e. The molecule has 1 aliphatic rings. The summed E-state index contributed by atoms with van der Waals surface area (Å²) < 4.78 is 5.13. The first-order chi connectivity index (χ1) is 10.2. The third kappa shape index (κ3) is 4.99. The van der Waals surface area contributed by atoms with Crippen LogP contribution in [-0.4, -0.2) is 49.3 Å². The van der Waals surface area contributed by atoms with E-state index in [-0.39, 0.29) is 0 Å². The quantitative estimate of drug-likeness (QED) is 0.808. The number of piperidine rings is 1. The van der Waals surface area contributed by atoms with Crippen LogP contribution in [0.5, 0.6) is 5.75 Å². The van der Waals surface area contributed by atoms with E-state index in [2.05, 4.69) is 17.1 Å². The number of ether oxygens (including phenoxy) is 1. The van der Waals surface area contributed by atoms with E-state index >= 15 is 0 Å². The molecule has 0 radical (unpaired) electrons. The summed E-state index contributed by atoms with van der Waals surface area (Å²) >= 11 is 0. The number of benzene rings is 1. The number of aliphatic hydroxyl groups excluding tert-OH is 1. The van der Waals surface area contributed by atoms with Gasteiger partial charge in [-0.25, -0.2) is 0 Å². The number of nitrogens with one attached hydrogen (secondary N) is 1. The molecule has 0 amide bonds. The minimum absolute atomic E-state index is 0.468. The third-order valence-electron chi connectivity index (χ3n) is 4.29. The summed E-state index contributed by atoms with van der Waals surface area (Å²) in [5, 5.41) is 13.6. The van der Waals surface area contributed by atoms with E-state index in [9.17, 15) is 5.11 Å². The highest BCUT2D eigenvalue weighted by atomic mass is 16.5. The van der Waals surface area contributed by atoms with Gasteiger partial charge in [-0.1, -0.05) is 18.6 Å². The molecule has 0 saturated carbocycles. The van der Waals surface area contributed by atoms with Crippen molar-refractivity contribution >= 4 is 0 Å². The van der Waals surface area contributed by atoms with Crippen LogP contribution in [0.25, 0.3) is 0 Å². The average molecular weight is 292 g/mol. The van der Waals surface area contributed by atoms with Crippen LogP contribution in [-0.2, 0) is 0 Å². The third-order valence-corrected chi connectivity index (χ3v) is 4.29. The van der Waals surface area contributed by atoms with Gasteiger partial charge in [0.2, 0.25) is 0 Å². The van der Waals surface area contributed by atoms with Crippen LogP contribution in [0, 0.1) is 0 Å². The SMILES string of the molecule is COc1ccc(C(O)CNCC(C)N2CCCCC2)cc1. The number of likely N-dealkylation sites (tertiary alicyclic amines) is 1. The molecule has 2 rings (SSSR count). The number of hydrogen-bond donors (Lipinski definition) is 2. The van der Waals surface area contributed by atoms with Crippen molar-refractivity contribution in [3.8, 4) is 5.75 Å². The lowest BCUT2D eigenvalue weighted by atomic mass is 10.1. The van der Waals surface area contributed by atoms with Crippen molar-refractivity contribution in [3.63, 3.8) is 0 Å². The fraction of sp³-hybridized carbons (Fsp3) is 0.647. The normalized spacial score (nSPS) is 19.2. The van der Waals surface area contributed by atoms with Crippen molar-refractivity contribution in [2.75, 3.05) is 33.3 Å². The summed E-state index contributed by atoms with van der Waals surface area (Å²) in [6, 6.07) is 8.14. The van der Waals surface area contributed by atoms with Gasteiger partial charge in [0.1, 0.15) is 5.75 Å². The summed E-state index contributed by atoms with van der Waals surface area (Å²) in [6.45, 7) is 6.20. The molecule has 2 unspecified atom stereocenters. The van der Waals surface area contributed by atoms with Gasteiger partial charge in [0.25, 0.3) is 0 Å². The molecule has 4 nitrogen and oxygen atoms in total. The molecular weight excluding hydrogens is 264 g/mol. The Morgan fingerprint density at radius 2 is 1.81 bits per heavy atom. The lowest BCUT2D eigenvalue weighted by Crippen LogP contribution is -2.43. The van der Waals surface area contributed by atoms with Crippen molar-refractivity contribution in [2.24, 2.45) is 0 Å². The Labute approximate surface area is 128 Å². The number of aliphatic hydroxyl groups is 1. The van der Waals surface area contributed by atoms with Crippen molar-refractivity contribution in [2.45, 2.75) is 38.3 Å². The predicted octanol–water partition coefficient (Wildman–Crippen LogP) is 2.19. The Bertz CT molecular complexity index is 402. The van der Waals surface area contributed by atoms with Crippen LogP contribution in [0.1, 0.15) is 37.9 Å². The van der Waals surface area contributed by atoms with E-state index < -0.39 is 6.10 Å². The highest BCUT2D eigenvalue weighted by Crippen LogP contribution is 2.17. The summed E-state index contributed by atoms with van der Waals surface area (Å²) in [5.74, 6) is 0.817. The first-order valence-corrected chi connectivity index (χ1v) is 7.97. The maximum atomic E-state index is 10.2. The summed E-state index contributed by atoms with van der Waals surface area (Å²) in [5.41, 5.74) is 0.925. The molecule has 1 fully saturated rings.